The van der Waals surface area contributed by atoms with Crippen LogP contribution in [0.3, 0.4) is 0 Å². The number of piperidine rings is 1. The summed E-state index contributed by atoms with van der Waals surface area (Å²) >= 11 is 0. The summed E-state index contributed by atoms with van der Waals surface area (Å²) in [6, 6.07) is 2.40. The number of anilines is 1. The molecule has 1 aromatic heterocycles. The van der Waals surface area contributed by atoms with E-state index in [1.165, 1.54) is 12.3 Å². The van der Waals surface area contributed by atoms with Crippen molar-refractivity contribution in [3.05, 3.63) is 23.9 Å². The Hall–Kier alpha value is -1.79. The summed E-state index contributed by atoms with van der Waals surface area (Å²) in [6.07, 6.45) is 1.67. The van der Waals surface area contributed by atoms with E-state index in [1.54, 1.807) is 4.90 Å². The molecule has 7 heteroatoms. The van der Waals surface area contributed by atoms with Crippen LogP contribution in [0.4, 0.5) is 19.0 Å². The lowest BCUT2D eigenvalue weighted by Crippen LogP contribution is -2.42. The van der Waals surface area contributed by atoms with Crippen molar-refractivity contribution in [2.45, 2.75) is 38.3 Å². The quantitative estimate of drug-likeness (QED) is 0.828. The SMILES string of the molecule is CN(CC1CCN(c2ncccc2C(F)(F)F)CC1)C(=O)C1CCC1. The highest BCUT2D eigenvalue weighted by molar-refractivity contribution is 5.79. The Kier molecular flexibility index (Phi) is 5.20. The first-order valence-corrected chi connectivity index (χ1v) is 8.88. The zero-order valence-corrected chi connectivity index (χ0v) is 14.4. The van der Waals surface area contributed by atoms with Crippen LogP contribution in [0.5, 0.6) is 0 Å². The van der Waals surface area contributed by atoms with Crippen LogP contribution in [-0.4, -0.2) is 42.5 Å². The van der Waals surface area contributed by atoms with Crippen molar-refractivity contribution in [1.29, 1.82) is 0 Å². The molecular weight excluding hydrogens is 331 g/mol. The minimum absolute atomic E-state index is 0.0207. The van der Waals surface area contributed by atoms with Gasteiger partial charge in [0.05, 0.1) is 5.56 Å². The van der Waals surface area contributed by atoms with E-state index in [4.69, 9.17) is 0 Å². The number of hydrogen-bond donors (Lipinski definition) is 0. The maximum absolute atomic E-state index is 13.1. The molecule has 4 nitrogen and oxygen atoms in total. The number of carbonyl (C=O) groups excluding carboxylic acids is 1. The van der Waals surface area contributed by atoms with Gasteiger partial charge in [-0.05, 0) is 43.7 Å². The maximum atomic E-state index is 13.1. The number of carbonyl (C=O) groups is 1. The van der Waals surface area contributed by atoms with E-state index < -0.39 is 11.7 Å². The van der Waals surface area contributed by atoms with Crippen molar-refractivity contribution < 1.29 is 18.0 Å². The van der Waals surface area contributed by atoms with Crippen molar-refractivity contribution in [2.75, 3.05) is 31.6 Å². The van der Waals surface area contributed by atoms with E-state index in [9.17, 15) is 18.0 Å². The summed E-state index contributed by atoms with van der Waals surface area (Å²) in [5.74, 6) is 0.765. The lowest BCUT2D eigenvalue weighted by molar-refractivity contribution is -0.138. The topological polar surface area (TPSA) is 36.4 Å². The molecule has 1 aromatic rings. The first kappa shape index (κ1) is 18.0. The number of alkyl halides is 3. The van der Waals surface area contributed by atoms with Gasteiger partial charge in [-0.1, -0.05) is 6.42 Å². The molecule has 3 rings (SSSR count). The second-order valence-electron chi connectivity index (χ2n) is 7.15. The molecule has 0 aromatic carbocycles. The number of halogens is 3. The van der Waals surface area contributed by atoms with Gasteiger partial charge >= 0.3 is 6.18 Å². The zero-order chi connectivity index (χ0) is 18.0. The third-order valence-electron chi connectivity index (χ3n) is 5.37. The van der Waals surface area contributed by atoms with Gasteiger partial charge in [0.25, 0.3) is 0 Å². The van der Waals surface area contributed by atoms with Gasteiger partial charge in [0.1, 0.15) is 5.82 Å². The molecule has 1 saturated carbocycles. The van der Waals surface area contributed by atoms with E-state index in [2.05, 4.69) is 4.98 Å². The standard InChI is InChI=1S/C18H24F3N3O/c1-23(17(25)14-4-2-5-14)12-13-7-10-24(11-8-13)16-15(18(19,20)21)6-3-9-22-16/h3,6,9,13-14H,2,4-5,7-8,10-12H2,1H3. The molecule has 138 valence electrons. The van der Waals surface area contributed by atoms with Crippen molar-refractivity contribution >= 4 is 11.7 Å². The average molecular weight is 355 g/mol. The zero-order valence-electron chi connectivity index (χ0n) is 14.4. The Morgan fingerprint density at radius 3 is 2.52 bits per heavy atom. The molecule has 1 aliphatic carbocycles. The number of nitrogens with zero attached hydrogens (tertiary/aromatic N) is 3. The van der Waals surface area contributed by atoms with E-state index in [1.807, 2.05) is 11.9 Å². The predicted octanol–water partition coefficient (Wildman–Crippen LogP) is 3.58. The van der Waals surface area contributed by atoms with Crippen LogP contribution in [0, 0.1) is 11.8 Å². The number of rotatable bonds is 4. The van der Waals surface area contributed by atoms with Gasteiger partial charge in [-0.15, -0.1) is 0 Å². The Morgan fingerprint density at radius 2 is 1.96 bits per heavy atom. The Morgan fingerprint density at radius 1 is 1.28 bits per heavy atom. The number of pyridine rings is 1. The summed E-state index contributed by atoms with van der Waals surface area (Å²) in [4.78, 5) is 19.7. The minimum atomic E-state index is -4.39. The molecule has 0 N–H and O–H groups in total. The fourth-order valence-electron chi connectivity index (χ4n) is 3.64. The molecule has 1 saturated heterocycles. The van der Waals surface area contributed by atoms with Crippen LogP contribution in [0.15, 0.2) is 18.3 Å². The van der Waals surface area contributed by atoms with Crippen LogP contribution in [0.1, 0.15) is 37.7 Å². The highest BCUT2D eigenvalue weighted by Crippen LogP contribution is 2.36. The third kappa shape index (κ3) is 4.07. The average Bonchev–Trinajstić information content (AvgIpc) is 2.53. The number of aromatic nitrogens is 1. The first-order valence-electron chi connectivity index (χ1n) is 8.88. The van der Waals surface area contributed by atoms with Crippen LogP contribution < -0.4 is 4.90 Å². The summed E-state index contributed by atoms with van der Waals surface area (Å²) in [7, 11) is 1.84. The maximum Gasteiger partial charge on any atom is 0.419 e. The Bertz CT molecular complexity index is 608. The smallest absolute Gasteiger partial charge is 0.356 e. The van der Waals surface area contributed by atoms with Crippen LogP contribution in [-0.2, 0) is 11.0 Å². The van der Waals surface area contributed by atoms with Gasteiger partial charge in [-0.2, -0.15) is 13.2 Å². The minimum Gasteiger partial charge on any atom is -0.356 e. The summed E-state index contributed by atoms with van der Waals surface area (Å²) in [6.45, 7) is 1.77. The molecule has 1 amide bonds. The highest BCUT2D eigenvalue weighted by Gasteiger charge is 2.36. The fourth-order valence-corrected chi connectivity index (χ4v) is 3.64. The lowest BCUT2D eigenvalue weighted by Gasteiger charge is -2.36. The molecule has 2 fully saturated rings. The number of amides is 1. The molecule has 2 heterocycles. The van der Waals surface area contributed by atoms with Gasteiger partial charge < -0.3 is 9.80 Å². The monoisotopic (exact) mass is 355 g/mol. The second-order valence-corrected chi connectivity index (χ2v) is 7.15. The highest BCUT2D eigenvalue weighted by atomic mass is 19.4. The van der Waals surface area contributed by atoms with Crippen molar-refractivity contribution in [3.63, 3.8) is 0 Å². The summed E-state index contributed by atoms with van der Waals surface area (Å²) in [5.41, 5.74) is -0.675. The summed E-state index contributed by atoms with van der Waals surface area (Å²) < 4.78 is 39.4. The third-order valence-corrected chi connectivity index (χ3v) is 5.37. The molecule has 0 bridgehead atoms. The molecular formula is C18H24F3N3O. The van der Waals surface area contributed by atoms with Crippen molar-refractivity contribution in [2.24, 2.45) is 11.8 Å². The van der Waals surface area contributed by atoms with Crippen LogP contribution >= 0.6 is 0 Å². The Balaban J connectivity index is 1.56. The first-order chi connectivity index (χ1) is 11.9. The molecule has 0 spiro atoms. The second kappa shape index (κ2) is 7.22. The Labute approximate surface area is 146 Å². The normalized spacial score (nSPS) is 19.6. The van der Waals surface area contributed by atoms with Gasteiger partial charge in [0, 0.05) is 38.8 Å². The molecule has 25 heavy (non-hydrogen) atoms. The lowest BCUT2D eigenvalue weighted by atomic mass is 9.84. The largest absolute Gasteiger partial charge is 0.419 e. The summed E-state index contributed by atoms with van der Waals surface area (Å²) in [5, 5.41) is 0. The van der Waals surface area contributed by atoms with Crippen LogP contribution in [0.25, 0.3) is 0 Å². The van der Waals surface area contributed by atoms with Crippen LogP contribution in [0.2, 0.25) is 0 Å². The molecule has 2 aliphatic rings. The molecule has 0 radical (unpaired) electrons. The van der Waals surface area contributed by atoms with Gasteiger partial charge in [-0.25, -0.2) is 4.98 Å². The molecule has 0 atom stereocenters. The van der Waals surface area contributed by atoms with E-state index >= 15 is 0 Å². The van der Waals surface area contributed by atoms with Crippen molar-refractivity contribution in [1.82, 2.24) is 9.88 Å². The molecule has 1 aliphatic heterocycles. The predicted molar refractivity (Wildman–Crippen MR) is 89.2 cm³/mol. The van der Waals surface area contributed by atoms with E-state index in [0.717, 1.165) is 38.2 Å². The van der Waals surface area contributed by atoms with Gasteiger partial charge in [0.15, 0.2) is 0 Å². The number of hydrogen-bond acceptors (Lipinski definition) is 3. The molecule has 0 unspecified atom stereocenters. The van der Waals surface area contributed by atoms with Crippen molar-refractivity contribution in [3.8, 4) is 0 Å². The van der Waals surface area contributed by atoms with Gasteiger partial charge in [0.2, 0.25) is 5.91 Å². The van der Waals surface area contributed by atoms with E-state index in [-0.39, 0.29) is 17.6 Å². The fraction of sp³-hybridized carbons (Fsp3) is 0.667. The van der Waals surface area contributed by atoms with Gasteiger partial charge in [-0.3, -0.25) is 4.79 Å². The van der Waals surface area contributed by atoms with E-state index in [0.29, 0.717) is 25.6 Å².